The van der Waals surface area contributed by atoms with Gasteiger partial charge in [0.05, 0.1) is 17.9 Å². The molecule has 0 aromatic heterocycles. The number of alkyl halides is 3. The summed E-state index contributed by atoms with van der Waals surface area (Å²) in [4.78, 5) is 13.4. The number of nitrogens with zero attached hydrogens (tertiary/aromatic N) is 2. The lowest BCUT2D eigenvalue weighted by molar-refractivity contribution is -0.180. The van der Waals surface area contributed by atoms with Gasteiger partial charge in [0.1, 0.15) is 17.4 Å². The Hall–Kier alpha value is -2.79. The maximum Gasteiger partial charge on any atom is 0.391 e. The first kappa shape index (κ1) is 25.3. The summed E-state index contributed by atoms with van der Waals surface area (Å²) in [6.07, 6.45) is -0.753. The van der Waals surface area contributed by atoms with Crippen molar-refractivity contribution in [2.45, 2.75) is 70.2 Å². The second-order valence-corrected chi connectivity index (χ2v) is 9.83. The van der Waals surface area contributed by atoms with Gasteiger partial charge in [-0.2, -0.15) is 18.4 Å². The molecule has 0 spiro atoms. The Morgan fingerprint density at radius 1 is 1.06 bits per heavy atom. The van der Waals surface area contributed by atoms with E-state index in [9.17, 15) is 28.3 Å². The number of hydrogen-bond donors (Lipinski definition) is 1. The van der Waals surface area contributed by atoms with Gasteiger partial charge in [0.15, 0.2) is 0 Å². The van der Waals surface area contributed by atoms with Gasteiger partial charge >= 0.3 is 12.1 Å². The number of carboxylic acids is 1. The van der Waals surface area contributed by atoms with E-state index in [0.29, 0.717) is 49.8 Å². The average molecular weight is 489 g/mol. The Labute approximate surface area is 203 Å². The Morgan fingerprint density at radius 2 is 1.74 bits per heavy atom. The molecular formula is C27H31F3N2O3. The van der Waals surface area contributed by atoms with E-state index in [0.717, 1.165) is 36.0 Å². The lowest BCUT2D eigenvalue weighted by Gasteiger charge is -2.30. The number of nitriles is 1. The summed E-state index contributed by atoms with van der Waals surface area (Å²) in [7, 11) is 0. The number of likely N-dealkylation sites (tertiary alicyclic amines) is 1. The molecule has 8 heteroatoms. The van der Waals surface area contributed by atoms with E-state index >= 15 is 0 Å². The van der Waals surface area contributed by atoms with E-state index in [1.165, 1.54) is 0 Å². The van der Waals surface area contributed by atoms with Crippen LogP contribution in [-0.4, -0.2) is 41.3 Å². The van der Waals surface area contributed by atoms with Crippen LogP contribution in [0.15, 0.2) is 30.3 Å². The number of rotatable bonds is 5. The summed E-state index contributed by atoms with van der Waals surface area (Å²) in [5.74, 6) is -1.72. The highest BCUT2D eigenvalue weighted by atomic mass is 19.4. The van der Waals surface area contributed by atoms with Crippen molar-refractivity contribution >= 4 is 16.7 Å². The van der Waals surface area contributed by atoms with Gasteiger partial charge in [-0.3, -0.25) is 9.69 Å². The molecule has 2 aromatic rings. The fourth-order valence-electron chi connectivity index (χ4n) is 5.36. The molecule has 0 radical (unpaired) electrons. The van der Waals surface area contributed by atoms with Crippen LogP contribution < -0.4 is 4.74 Å². The molecule has 1 saturated carbocycles. The van der Waals surface area contributed by atoms with Crippen LogP contribution in [0.3, 0.4) is 0 Å². The van der Waals surface area contributed by atoms with Crippen LogP contribution in [0.25, 0.3) is 10.8 Å². The number of aliphatic carboxylic acids is 1. The van der Waals surface area contributed by atoms with Crippen LogP contribution in [0.5, 0.6) is 5.75 Å². The summed E-state index contributed by atoms with van der Waals surface area (Å²) in [6.45, 7) is 2.22. The number of carbonyl (C=O) groups is 1. The minimum atomic E-state index is -4.13. The molecule has 4 rings (SSSR count). The van der Waals surface area contributed by atoms with Crippen LogP contribution >= 0.6 is 0 Å². The predicted octanol–water partition coefficient (Wildman–Crippen LogP) is 6.29. The zero-order valence-electron chi connectivity index (χ0n) is 19.7. The Morgan fingerprint density at radius 3 is 2.34 bits per heavy atom. The van der Waals surface area contributed by atoms with Crippen molar-refractivity contribution in [2.24, 2.45) is 11.8 Å². The van der Waals surface area contributed by atoms with Crippen LogP contribution in [0, 0.1) is 23.2 Å². The van der Waals surface area contributed by atoms with E-state index in [-0.39, 0.29) is 24.9 Å². The maximum absolute atomic E-state index is 13.1. The molecule has 0 amide bonds. The van der Waals surface area contributed by atoms with Crippen molar-refractivity contribution in [3.05, 3.63) is 41.5 Å². The molecule has 1 aliphatic heterocycles. The van der Waals surface area contributed by atoms with Crippen molar-refractivity contribution < 1.29 is 27.8 Å². The van der Waals surface area contributed by atoms with Crippen molar-refractivity contribution in [3.8, 4) is 11.8 Å². The summed E-state index contributed by atoms with van der Waals surface area (Å²) in [6, 6.07) is 11.9. The third-order valence-corrected chi connectivity index (χ3v) is 7.41. The lowest BCUT2D eigenvalue weighted by atomic mass is 9.89. The maximum atomic E-state index is 13.1. The van der Waals surface area contributed by atoms with Crippen molar-refractivity contribution in [1.82, 2.24) is 4.90 Å². The first-order valence-corrected chi connectivity index (χ1v) is 12.4. The monoisotopic (exact) mass is 488 g/mol. The van der Waals surface area contributed by atoms with Crippen LogP contribution in [0.1, 0.15) is 62.5 Å². The lowest BCUT2D eigenvalue weighted by Crippen LogP contribution is -2.35. The SMILES string of the molecule is N#Cc1c(OC2CCCC(C(F)(F)F)CCC2)ccc2cc(CN3CCC(C(=O)O)CC3)ccc12. The number of hydrogen-bond acceptors (Lipinski definition) is 4. The number of fused-ring (bicyclic) bond motifs is 1. The second kappa shape index (κ2) is 10.9. The molecule has 188 valence electrons. The summed E-state index contributed by atoms with van der Waals surface area (Å²) < 4.78 is 45.3. The predicted molar refractivity (Wildman–Crippen MR) is 126 cm³/mol. The summed E-state index contributed by atoms with van der Waals surface area (Å²) in [5, 5.41) is 20.8. The number of piperidine rings is 1. The number of ether oxygens (including phenoxy) is 1. The van der Waals surface area contributed by atoms with E-state index in [1.807, 2.05) is 18.2 Å². The molecule has 2 aliphatic rings. The smallest absolute Gasteiger partial charge is 0.391 e. The second-order valence-electron chi connectivity index (χ2n) is 9.83. The Kier molecular flexibility index (Phi) is 7.85. The Balaban J connectivity index is 1.42. The zero-order chi connectivity index (χ0) is 25.0. The van der Waals surface area contributed by atoms with Gasteiger partial charge in [0.25, 0.3) is 0 Å². The average Bonchev–Trinajstić information content (AvgIpc) is 2.80. The molecule has 2 aromatic carbocycles. The molecule has 1 saturated heterocycles. The minimum absolute atomic E-state index is 0.128. The van der Waals surface area contributed by atoms with E-state index < -0.39 is 18.1 Å². The fourth-order valence-corrected chi connectivity index (χ4v) is 5.36. The fraction of sp³-hybridized carbons (Fsp3) is 0.556. The minimum Gasteiger partial charge on any atom is -0.489 e. The molecule has 0 bridgehead atoms. The first-order valence-electron chi connectivity index (χ1n) is 12.4. The van der Waals surface area contributed by atoms with Crippen LogP contribution in [0.2, 0.25) is 0 Å². The van der Waals surface area contributed by atoms with Gasteiger partial charge in [-0.1, -0.05) is 18.2 Å². The standard InChI is InChI=1S/C27H31F3N2O3/c28-27(29,30)21-3-1-5-22(6-2-4-21)35-25-10-8-20-15-18(7-9-23(20)24(25)16-31)17-32-13-11-19(12-14-32)26(33)34/h7-10,15,19,21-22H,1-6,11-14,17H2,(H,33,34). The largest absolute Gasteiger partial charge is 0.489 e. The highest BCUT2D eigenvalue weighted by Gasteiger charge is 2.39. The molecule has 0 atom stereocenters. The number of carboxylic acid groups (broad SMARTS) is 1. The summed E-state index contributed by atoms with van der Waals surface area (Å²) >= 11 is 0. The van der Waals surface area contributed by atoms with E-state index in [4.69, 9.17) is 4.74 Å². The third-order valence-electron chi connectivity index (χ3n) is 7.41. The quantitative estimate of drug-likeness (QED) is 0.536. The molecule has 35 heavy (non-hydrogen) atoms. The normalized spacial score (nSPS) is 22.8. The first-order chi connectivity index (χ1) is 16.7. The van der Waals surface area contributed by atoms with Crippen LogP contribution in [-0.2, 0) is 11.3 Å². The van der Waals surface area contributed by atoms with Gasteiger partial charge in [-0.25, -0.2) is 0 Å². The summed E-state index contributed by atoms with van der Waals surface area (Å²) in [5.41, 5.74) is 1.55. The molecular weight excluding hydrogens is 457 g/mol. The number of benzene rings is 2. The molecule has 1 N–H and O–H groups in total. The van der Waals surface area contributed by atoms with Crippen LogP contribution in [0.4, 0.5) is 13.2 Å². The van der Waals surface area contributed by atoms with Gasteiger partial charge in [-0.05, 0) is 87.5 Å². The van der Waals surface area contributed by atoms with Crippen molar-refractivity contribution in [3.63, 3.8) is 0 Å². The topological polar surface area (TPSA) is 73.6 Å². The van der Waals surface area contributed by atoms with E-state index in [2.05, 4.69) is 17.0 Å². The molecule has 1 aliphatic carbocycles. The molecule has 1 heterocycles. The zero-order valence-corrected chi connectivity index (χ0v) is 19.7. The molecule has 2 fully saturated rings. The van der Waals surface area contributed by atoms with Crippen molar-refractivity contribution in [2.75, 3.05) is 13.1 Å². The van der Waals surface area contributed by atoms with Crippen molar-refractivity contribution in [1.29, 1.82) is 5.26 Å². The Bertz CT molecular complexity index is 1080. The van der Waals surface area contributed by atoms with Gasteiger partial charge in [-0.15, -0.1) is 0 Å². The van der Waals surface area contributed by atoms with Gasteiger partial charge in [0.2, 0.25) is 0 Å². The molecule has 5 nitrogen and oxygen atoms in total. The highest BCUT2D eigenvalue weighted by molar-refractivity contribution is 5.90. The van der Waals surface area contributed by atoms with E-state index in [1.54, 1.807) is 6.07 Å². The van der Waals surface area contributed by atoms with Gasteiger partial charge < -0.3 is 9.84 Å². The third kappa shape index (κ3) is 6.26. The van der Waals surface area contributed by atoms with Gasteiger partial charge in [0, 0.05) is 11.9 Å². The highest BCUT2D eigenvalue weighted by Crippen LogP contribution is 2.37. The number of halogens is 3. The molecule has 0 unspecified atom stereocenters.